The first-order valence-electron chi connectivity index (χ1n) is 12.0. The van der Waals surface area contributed by atoms with E-state index in [1.807, 2.05) is 22.9 Å². The number of hydrogen-bond acceptors (Lipinski definition) is 1. The van der Waals surface area contributed by atoms with Gasteiger partial charge in [0.2, 0.25) is 5.69 Å². The van der Waals surface area contributed by atoms with E-state index < -0.39 is 0 Å². The number of aromatic nitrogens is 1. The van der Waals surface area contributed by atoms with Gasteiger partial charge in [0, 0.05) is 23.3 Å². The Labute approximate surface area is 201 Å². The van der Waals surface area contributed by atoms with Crippen molar-refractivity contribution in [2.75, 3.05) is 0 Å². The minimum atomic E-state index is 0.0212. The summed E-state index contributed by atoms with van der Waals surface area (Å²) in [4.78, 5) is 0. The molecule has 2 aromatic heterocycles. The van der Waals surface area contributed by atoms with Crippen LogP contribution >= 0.6 is 0 Å². The minimum absolute atomic E-state index is 0.0212. The third-order valence-electron chi connectivity index (χ3n) is 6.47. The number of rotatable bonds is 3. The van der Waals surface area contributed by atoms with E-state index in [0.717, 1.165) is 39.9 Å². The summed E-state index contributed by atoms with van der Waals surface area (Å²) in [6, 6.07) is 17.4. The molecule has 172 valence electrons. The quantitative estimate of drug-likeness (QED) is 0.310. The molecule has 0 saturated heterocycles. The van der Waals surface area contributed by atoms with E-state index in [-0.39, 0.29) is 5.41 Å². The molecule has 0 atom stereocenters. The van der Waals surface area contributed by atoms with Gasteiger partial charge in [0.1, 0.15) is 12.5 Å². The van der Waals surface area contributed by atoms with Crippen LogP contribution in [0.2, 0.25) is 0 Å². The second-order valence-electron chi connectivity index (χ2n) is 10.7. The van der Waals surface area contributed by atoms with Crippen LogP contribution in [0, 0.1) is 12.6 Å². The fourth-order valence-electron chi connectivity index (χ4n) is 4.82. The van der Waals surface area contributed by atoms with Gasteiger partial charge in [-0.15, -0.1) is 0 Å². The normalized spacial score (nSPS) is 15.0. The standard InChI is InChI=1S/C31H32N2O/c1-20(2)15-24-19-34-30-26(24)11-13-32-29(30)22-12-14-33(6)28(18-22)23-16-21-9-7-8-10-25(21)27(17-23)31(3,4)5/h7-14,16-20H,6,15H2,1-5H3. The molecule has 1 aliphatic rings. The summed E-state index contributed by atoms with van der Waals surface area (Å²) in [7, 11) is 0. The fourth-order valence-corrected chi connectivity index (χ4v) is 4.82. The van der Waals surface area contributed by atoms with Gasteiger partial charge >= 0.3 is 0 Å². The van der Waals surface area contributed by atoms with E-state index in [1.54, 1.807) is 0 Å². The molecule has 0 fully saturated rings. The van der Waals surface area contributed by atoms with E-state index in [9.17, 15) is 0 Å². The van der Waals surface area contributed by atoms with Crippen molar-refractivity contribution >= 4 is 22.5 Å². The van der Waals surface area contributed by atoms with Gasteiger partial charge in [-0.1, -0.05) is 70.7 Å². The molecular weight excluding hydrogens is 416 g/mol. The summed E-state index contributed by atoms with van der Waals surface area (Å²) < 4.78 is 7.98. The summed E-state index contributed by atoms with van der Waals surface area (Å²) in [6.45, 7) is 15.5. The van der Waals surface area contributed by atoms with Crippen molar-refractivity contribution in [3.63, 3.8) is 0 Å². The molecule has 34 heavy (non-hydrogen) atoms. The van der Waals surface area contributed by atoms with E-state index >= 15 is 0 Å². The average Bonchev–Trinajstić information content (AvgIpc) is 3.20. The SMILES string of the molecule is C=[n+]1ccc(=C2[N-]C=Cc3c(CC(C)C)coc32)cc1-c1cc(C(C)(C)C)c2ccccc2c1. The van der Waals surface area contributed by atoms with Gasteiger partial charge < -0.3 is 9.73 Å². The highest BCUT2D eigenvalue weighted by Crippen LogP contribution is 2.35. The highest BCUT2D eigenvalue weighted by Gasteiger charge is 2.20. The maximum absolute atomic E-state index is 6.05. The van der Waals surface area contributed by atoms with Gasteiger partial charge in [-0.2, -0.15) is 10.4 Å². The zero-order chi connectivity index (χ0) is 24.0. The van der Waals surface area contributed by atoms with Crippen molar-refractivity contribution in [1.29, 1.82) is 0 Å². The summed E-state index contributed by atoms with van der Waals surface area (Å²) in [5.74, 6) is 1.41. The number of furan rings is 1. The van der Waals surface area contributed by atoms with Crippen molar-refractivity contribution in [1.82, 2.24) is 0 Å². The van der Waals surface area contributed by atoms with E-state index in [4.69, 9.17) is 9.73 Å². The average molecular weight is 449 g/mol. The molecule has 0 radical (unpaired) electrons. The van der Waals surface area contributed by atoms with Crippen molar-refractivity contribution in [3.05, 3.63) is 107 Å². The van der Waals surface area contributed by atoms with Crippen LogP contribution in [-0.2, 0) is 11.8 Å². The van der Waals surface area contributed by atoms with Crippen LogP contribution in [-0.4, -0.2) is 0 Å². The lowest BCUT2D eigenvalue weighted by Crippen LogP contribution is -2.22. The maximum atomic E-state index is 6.05. The molecule has 0 saturated carbocycles. The Morgan fingerprint density at radius 2 is 1.85 bits per heavy atom. The molecule has 0 spiro atoms. The van der Waals surface area contributed by atoms with E-state index in [0.29, 0.717) is 5.92 Å². The summed E-state index contributed by atoms with van der Waals surface area (Å²) in [6.07, 6.45) is 8.83. The highest BCUT2D eigenvalue weighted by atomic mass is 16.3. The summed E-state index contributed by atoms with van der Waals surface area (Å²) >= 11 is 0. The molecule has 5 rings (SSSR count). The van der Waals surface area contributed by atoms with Crippen molar-refractivity contribution in [2.24, 2.45) is 5.92 Å². The smallest absolute Gasteiger partial charge is 0.217 e. The van der Waals surface area contributed by atoms with E-state index in [2.05, 4.69) is 95.9 Å². The molecule has 2 aromatic carbocycles. The topological polar surface area (TPSA) is 33.1 Å². The number of hydrogen-bond donors (Lipinski definition) is 0. The second-order valence-corrected chi connectivity index (χ2v) is 10.7. The Balaban J connectivity index is 1.72. The van der Waals surface area contributed by atoms with Gasteiger partial charge in [-0.3, -0.25) is 0 Å². The molecule has 0 aliphatic carbocycles. The zero-order valence-electron chi connectivity index (χ0n) is 20.7. The molecule has 0 amide bonds. The molecule has 0 N–H and O–H groups in total. The lowest BCUT2D eigenvalue weighted by Gasteiger charge is -2.25. The summed E-state index contributed by atoms with van der Waals surface area (Å²) in [5.41, 5.74) is 6.79. The van der Waals surface area contributed by atoms with Crippen LogP contribution in [0.25, 0.3) is 39.1 Å². The second kappa shape index (κ2) is 8.32. The Bertz CT molecular complexity index is 1530. The van der Waals surface area contributed by atoms with Gasteiger partial charge in [-0.05, 0) is 57.0 Å². The van der Waals surface area contributed by atoms with Crippen LogP contribution in [0.1, 0.15) is 57.1 Å². The van der Waals surface area contributed by atoms with E-state index in [1.165, 1.54) is 21.9 Å². The molecule has 3 heterocycles. The third kappa shape index (κ3) is 3.96. The van der Waals surface area contributed by atoms with Gasteiger partial charge in [-0.25, -0.2) is 0 Å². The Kier molecular flexibility index (Phi) is 5.44. The number of benzene rings is 2. The van der Waals surface area contributed by atoms with Crippen LogP contribution in [0.3, 0.4) is 0 Å². The van der Waals surface area contributed by atoms with Gasteiger partial charge in [0.05, 0.1) is 6.26 Å². The van der Waals surface area contributed by atoms with Crippen LogP contribution < -0.4 is 9.46 Å². The largest absolute Gasteiger partial charge is 0.661 e. The molecular formula is C31H32N2O. The number of pyridine rings is 1. The minimum Gasteiger partial charge on any atom is -0.661 e. The molecule has 0 bridgehead atoms. The lowest BCUT2D eigenvalue weighted by molar-refractivity contribution is -0.486. The first kappa shape index (κ1) is 22.2. The zero-order valence-corrected chi connectivity index (χ0v) is 20.7. The molecule has 0 unspecified atom stereocenters. The maximum Gasteiger partial charge on any atom is 0.217 e. The predicted octanol–water partition coefficient (Wildman–Crippen LogP) is 7.04. The Hall–Kier alpha value is -3.59. The third-order valence-corrected chi connectivity index (χ3v) is 6.47. The Morgan fingerprint density at radius 3 is 2.62 bits per heavy atom. The highest BCUT2D eigenvalue weighted by molar-refractivity contribution is 5.91. The van der Waals surface area contributed by atoms with Crippen LogP contribution in [0.15, 0.2) is 71.6 Å². The summed E-state index contributed by atoms with van der Waals surface area (Å²) in [5, 5.41) is 8.27. The van der Waals surface area contributed by atoms with Crippen molar-refractivity contribution in [3.8, 4) is 11.3 Å². The fraction of sp³-hybridized carbons (Fsp3) is 0.258. The van der Waals surface area contributed by atoms with Crippen LogP contribution in [0.4, 0.5) is 0 Å². The number of fused-ring (bicyclic) bond motifs is 2. The molecule has 3 heteroatoms. The number of nitrogens with zero attached hydrogens (tertiary/aromatic N) is 2. The molecule has 1 aliphatic heterocycles. The van der Waals surface area contributed by atoms with Crippen LogP contribution in [0.5, 0.6) is 0 Å². The predicted molar refractivity (Wildman–Crippen MR) is 141 cm³/mol. The molecule has 4 aromatic rings. The first-order valence-corrected chi connectivity index (χ1v) is 12.0. The lowest BCUT2D eigenvalue weighted by atomic mass is 9.82. The first-order chi connectivity index (χ1) is 16.2. The van der Waals surface area contributed by atoms with Crippen molar-refractivity contribution in [2.45, 2.75) is 46.5 Å². The van der Waals surface area contributed by atoms with Gasteiger partial charge in [0.15, 0.2) is 6.20 Å². The Morgan fingerprint density at radius 1 is 1.06 bits per heavy atom. The van der Waals surface area contributed by atoms with Gasteiger partial charge in [0.25, 0.3) is 0 Å². The monoisotopic (exact) mass is 448 g/mol. The van der Waals surface area contributed by atoms with Crippen molar-refractivity contribution < 1.29 is 8.66 Å². The molecule has 3 nitrogen and oxygen atoms in total.